The van der Waals surface area contributed by atoms with Crippen molar-refractivity contribution in [2.45, 2.75) is 26.4 Å². The lowest BCUT2D eigenvalue weighted by atomic mass is 9.87. The van der Waals surface area contributed by atoms with Crippen molar-refractivity contribution in [3.8, 4) is 0 Å². The smallest absolute Gasteiger partial charge is 0.166 e. The predicted octanol–water partition coefficient (Wildman–Crippen LogP) is 3.14. The summed E-state index contributed by atoms with van der Waals surface area (Å²) in [7, 11) is 0. The monoisotopic (exact) mass is 200 g/mol. The van der Waals surface area contributed by atoms with Crippen LogP contribution < -0.4 is 0 Å². The summed E-state index contributed by atoms with van der Waals surface area (Å²) in [5.74, 6) is -0.355. The molecule has 0 amide bonds. The number of alkyl halides is 1. The van der Waals surface area contributed by atoms with Crippen molar-refractivity contribution in [1.29, 1.82) is 0 Å². The molecule has 3 atom stereocenters. The Labute approximate surface area is 82.4 Å². The van der Waals surface area contributed by atoms with E-state index in [9.17, 15) is 8.78 Å². The van der Waals surface area contributed by atoms with Gasteiger partial charge in [-0.1, -0.05) is 13.8 Å². The number of hydrogen-bond acceptors (Lipinski definition) is 1. The molecule has 2 rings (SSSR count). The predicted molar refractivity (Wildman–Crippen MR) is 50.0 cm³/mol. The molecule has 1 aliphatic heterocycles. The molecule has 2 aliphatic rings. The third-order valence-electron chi connectivity index (χ3n) is 2.84. The van der Waals surface area contributed by atoms with E-state index in [4.69, 9.17) is 4.74 Å². The second-order valence-corrected chi connectivity index (χ2v) is 4.23. The highest BCUT2D eigenvalue weighted by molar-refractivity contribution is 5.34. The Kier molecular flexibility index (Phi) is 2.33. The van der Waals surface area contributed by atoms with Crippen molar-refractivity contribution < 1.29 is 13.5 Å². The summed E-state index contributed by atoms with van der Waals surface area (Å²) < 4.78 is 32.2. The largest absolute Gasteiger partial charge is 0.494 e. The molecule has 0 N–H and O–H groups in total. The third kappa shape index (κ3) is 1.45. The van der Waals surface area contributed by atoms with Gasteiger partial charge in [0.2, 0.25) is 0 Å². The molecular formula is C11H14F2O. The normalized spacial score (nSPS) is 37.4. The van der Waals surface area contributed by atoms with Crippen molar-refractivity contribution in [2.24, 2.45) is 11.8 Å². The summed E-state index contributed by atoms with van der Waals surface area (Å²) in [5.41, 5.74) is 0.701. The first-order valence-corrected chi connectivity index (χ1v) is 4.96. The van der Waals surface area contributed by atoms with E-state index in [2.05, 4.69) is 0 Å². The molecule has 0 saturated heterocycles. The fourth-order valence-electron chi connectivity index (χ4n) is 1.91. The minimum Gasteiger partial charge on any atom is -0.494 e. The molecule has 0 spiro atoms. The summed E-state index contributed by atoms with van der Waals surface area (Å²) >= 11 is 0. The number of allylic oxidation sites excluding steroid dienone is 4. The van der Waals surface area contributed by atoms with Crippen molar-refractivity contribution in [1.82, 2.24) is 0 Å². The number of halogens is 2. The third-order valence-corrected chi connectivity index (χ3v) is 2.84. The lowest BCUT2D eigenvalue weighted by Crippen LogP contribution is -2.28. The molecular weight excluding hydrogens is 186 g/mol. The van der Waals surface area contributed by atoms with Crippen LogP contribution in [-0.4, -0.2) is 12.8 Å². The van der Waals surface area contributed by atoms with Crippen LogP contribution in [0, 0.1) is 11.8 Å². The molecule has 0 aromatic rings. The zero-order valence-corrected chi connectivity index (χ0v) is 8.39. The average Bonchev–Trinajstić information content (AvgIpc) is 2.14. The van der Waals surface area contributed by atoms with Crippen LogP contribution in [0.1, 0.15) is 20.3 Å². The Morgan fingerprint density at radius 3 is 2.86 bits per heavy atom. The SMILES string of the molecule is CC1COC2=C(C=C(F)C(C)[C@@H]2F)C1. The highest BCUT2D eigenvalue weighted by Crippen LogP contribution is 2.38. The number of ether oxygens (including phenoxy) is 1. The van der Waals surface area contributed by atoms with Crippen LogP contribution >= 0.6 is 0 Å². The molecule has 1 nitrogen and oxygen atoms in total. The maximum absolute atomic E-state index is 13.6. The molecule has 0 fully saturated rings. The second-order valence-electron chi connectivity index (χ2n) is 4.23. The van der Waals surface area contributed by atoms with Crippen molar-refractivity contribution >= 4 is 0 Å². The van der Waals surface area contributed by atoms with E-state index in [0.717, 1.165) is 6.42 Å². The van der Waals surface area contributed by atoms with Crippen LogP contribution in [0.15, 0.2) is 23.2 Å². The van der Waals surface area contributed by atoms with Crippen molar-refractivity contribution in [3.63, 3.8) is 0 Å². The number of hydrogen-bond donors (Lipinski definition) is 0. The van der Waals surface area contributed by atoms with E-state index < -0.39 is 12.1 Å². The minimum absolute atomic E-state index is 0.346. The van der Waals surface area contributed by atoms with Crippen LogP contribution in [-0.2, 0) is 4.74 Å². The van der Waals surface area contributed by atoms with Crippen LogP contribution in [0.4, 0.5) is 8.78 Å². The lowest BCUT2D eigenvalue weighted by Gasteiger charge is -2.31. The molecule has 1 heterocycles. The van der Waals surface area contributed by atoms with Gasteiger partial charge in [-0.05, 0) is 24.0 Å². The number of rotatable bonds is 0. The molecule has 0 bridgehead atoms. The van der Waals surface area contributed by atoms with Crippen LogP contribution in [0.2, 0.25) is 0 Å². The van der Waals surface area contributed by atoms with E-state index in [-0.39, 0.29) is 5.83 Å². The molecule has 14 heavy (non-hydrogen) atoms. The van der Waals surface area contributed by atoms with Gasteiger partial charge in [-0.2, -0.15) is 0 Å². The fourth-order valence-corrected chi connectivity index (χ4v) is 1.91. The standard InChI is InChI=1S/C11H14F2O/c1-6-3-8-4-9(12)7(2)10(13)11(8)14-5-6/h4,6-7,10H,3,5H2,1-2H3/t6?,7?,10-/m0/s1. The second kappa shape index (κ2) is 3.37. The maximum Gasteiger partial charge on any atom is 0.166 e. The first-order chi connectivity index (χ1) is 6.59. The van der Waals surface area contributed by atoms with Gasteiger partial charge in [-0.25, -0.2) is 8.78 Å². The van der Waals surface area contributed by atoms with Gasteiger partial charge in [-0.3, -0.25) is 0 Å². The summed E-state index contributed by atoms with van der Waals surface area (Å²) in [6.07, 6.45) is 0.851. The lowest BCUT2D eigenvalue weighted by molar-refractivity contribution is 0.0871. The maximum atomic E-state index is 13.6. The molecule has 0 aromatic carbocycles. The Morgan fingerprint density at radius 1 is 1.43 bits per heavy atom. The van der Waals surface area contributed by atoms with Crippen LogP contribution in [0.25, 0.3) is 0 Å². The van der Waals surface area contributed by atoms with Gasteiger partial charge in [0.1, 0.15) is 11.6 Å². The Balaban J connectivity index is 2.33. The minimum atomic E-state index is -1.30. The Morgan fingerprint density at radius 2 is 2.14 bits per heavy atom. The molecule has 0 saturated carbocycles. The van der Waals surface area contributed by atoms with Gasteiger partial charge in [0.25, 0.3) is 0 Å². The first-order valence-electron chi connectivity index (χ1n) is 4.96. The van der Waals surface area contributed by atoms with Gasteiger partial charge in [0.05, 0.1) is 6.61 Å². The van der Waals surface area contributed by atoms with Crippen LogP contribution in [0.5, 0.6) is 0 Å². The van der Waals surface area contributed by atoms with E-state index in [1.54, 1.807) is 6.92 Å². The molecule has 1 aliphatic carbocycles. The van der Waals surface area contributed by atoms with E-state index in [1.807, 2.05) is 6.92 Å². The van der Waals surface area contributed by atoms with E-state index in [1.165, 1.54) is 6.08 Å². The summed E-state index contributed by atoms with van der Waals surface area (Å²) in [6, 6.07) is 0. The van der Waals surface area contributed by atoms with Gasteiger partial charge >= 0.3 is 0 Å². The van der Waals surface area contributed by atoms with Crippen LogP contribution in [0.3, 0.4) is 0 Å². The fraction of sp³-hybridized carbons (Fsp3) is 0.636. The summed E-state index contributed by atoms with van der Waals surface area (Å²) in [5, 5.41) is 0. The van der Waals surface area contributed by atoms with Gasteiger partial charge in [0, 0.05) is 5.92 Å². The quantitative estimate of drug-likeness (QED) is 0.583. The average molecular weight is 200 g/mol. The molecule has 2 unspecified atom stereocenters. The van der Waals surface area contributed by atoms with E-state index >= 15 is 0 Å². The van der Waals surface area contributed by atoms with Crippen molar-refractivity contribution in [3.05, 3.63) is 23.2 Å². The highest BCUT2D eigenvalue weighted by Gasteiger charge is 2.34. The molecule has 78 valence electrons. The van der Waals surface area contributed by atoms with Gasteiger partial charge in [0.15, 0.2) is 6.17 Å². The zero-order chi connectivity index (χ0) is 10.3. The Bertz CT molecular complexity index is 306. The Hall–Kier alpha value is -0.860. The van der Waals surface area contributed by atoms with E-state index in [0.29, 0.717) is 23.9 Å². The van der Waals surface area contributed by atoms with Gasteiger partial charge < -0.3 is 4.74 Å². The van der Waals surface area contributed by atoms with Gasteiger partial charge in [-0.15, -0.1) is 0 Å². The highest BCUT2D eigenvalue weighted by atomic mass is 19.1. The summed E-state index contributed by atoms with van der Waals surface area (Å²) in [4.78, 5) is 0. The molecule has 0 aromatic heterocycles. The first kappa shape index (κ1) is 9.69. The summed E-state index contributed by atoms with van der Waals surface area (Å²) in [6.45, 7) is 4.10. The van der Waals surface area contributed by atoms with Crippen molar-refractivity contribution in [2.75, 3.05) is 6.61 Å². The zero-order valence-electron chi connectivity index (χ0n) is 8.39. The molecule has 3 heteroatoms. The molecule has 0 radical (unpaired) electrons. The topological polar surface area (TPSA) is 9.23 Å².